The number of hydrogen-bond donors (Lipinski definition) is 1. The van der Waals surface area contributed by atoms with E-state index in [-0.39, 0.29) is 5.54 Å². The van der Waals surface area contributed by atoms with Gasteiger partial charge in [-0.1, -0.05) is 24.8 Å². The molecule has 0 saturated heterocycles. The number of aromatic nitrogens is 3. The number of hydrogen-bond acceptors (Lipinski definition) is 5. The van der Waals surface area contributed by atoms with E-state index in [0.717, 1.165) is 43.0 Å². The lowest BCUT2D eigenvalue weighted by atomic mass is 9.82. The summed E-state index contributed by atoms with van der Waals surface area (Å²) in [5.41, 5.74) is 0.500. The molecule has 110 valence electrons. The van der Waals surface area contributed by atoms with Gasteiger partial charge in [0.25, 0.3) is 0 Å². The molecule has 2 heterocycles. The van der Waals surface area contributed by atoms with Crippen molar-refractivity contribution in [2.75, 3.05) is 6.54 Å². The molecule has 2 unspecified atom stereocenters. The van der Waals surface area contributed by atoms with Crippen LogP contribution < -0.4 is 5.32 Å². The fraction of sp³-hybridized carbons (Fsp3) is 0.533. The highest BCUT2D eigenvalue weighted by Crippen LogP contribution is 2.37. The first-order valence-corrected chi connectivity index (χ1v) is 8.27. The van der Waals surface area contributed by atoms with Gasteiger partial charge >= 0.3 is 0 Å². The molecule has 2 atom stereocenters. The van der Waals surface area contributed by atoms with Crippen LogP contribution in [0.5, 0.6) is 0 Å². The third-order valence-corrected chi connectivity index (χ3v) is 5.21. The van der Waals surface area contributed by atoms with Gasteiger partial charge in [0, 0.05) is 11.4 Å². The smallest absolute Gasteiger partial charge is 0.195 e. The summed E-state index contributed by atoms with van der Waals surface area (Å²) in [4.78, 5) is 0. The van der Waals surface area contributed by atoms with Crippen molar-refractivity contribution in [3.8, 4) is 6.07 Å². The van der Waals surface area contributed by atoms with Gasteiger partial charge in [-0.05, 0) is 44.4 Å². The number of nitriles is 1. The van der Waals surface area contributed by atoms with Crippen LogP contribution in [0.15, 0.2) is 29.6 Å². The van der Waals surface area contributed by atoms with Crippen molar-refractivity contribution in [2.45, 2.75) is 48.6 Å². The number of fused-ring (bicyclic) bond motifs is 1. The second-order valence-corrected chi connectivity index (χ2v) is 6.74. The van der Waals surface area contributed by atoms with Crippen molar-refractivity contribution in [1.82, 2.24) is 19.9 Å². The molecule has 5 nitrogen and oxygen atoms in total. The van der Waals surface area contributed by atoms with E-state index in [1.807, 2.05) is 28.8 Å². The predicted octanol–water partition coefficient (Wildman–Crippen LogP) is 2.64. The molecule has 2 aromatic rings. The molecule has 0 radical (unpaired) electrons. The van der Waals surface area contributed by atoms with E-state index < -0.39 is 0 Å². The van der Waals surface area contributed by atoms with E-state index in [0.29, 0.717) is 5.25 Å². The summed E-state index contributed by atoms with van der Waals surface area (Å²) in [5.74, 6) is 0. The summed E-state index contributed by atoms with van der Waals surface area (Å²) in [6.07, 6.45) is 6.00. The number of rotatable bonds is 4. The molecular formula is C15H19N5S. The summed E-state index contributed by atoms with van der Waals surface area (Å²) in [6, 6.07) is 8.40. The molecule has 1 saturated carbocycles. The molecule has 0 aliphatic heterocycles. The van der Waals surface area contributed by atoms with Gasteiger partial charge in [0.05, 0.1) is 6.07 Å². The van der Waals surface area contributed by atoms with Crippen LogP contribution in [0.25, 0.3) is 5.65 Å². The third kappa shape index (κ3) is 2.89. The highest BCUT2D eigenvalue weighted by Gasteiger charge is 2.36. The number of pyridine rings is 1. The zero-order chi connectivity index (χ0) is 14.7. The van der Waals surface area contributed by atoms with Crippen molar-refractivity contribution in [2.24, 2.45) is 0 Å². The van der Waals surface area contributed by atoms with E-state index in [4.69, 9.17) is 0 Å². The Hall–Kier alpha value is -1.58. The Morgan fingerprint density at radius 3 is 3.24 bits per heavy atom. The zero-order valence-electron chi connectivity index (χ0n) is 12.1. The summed E-state index contributed by atoms with van der Waals surface area (Å²) < 4.78 is 2.01. The fourth-order valence-electron chi connectivity index (χ4n) is 3.01. The molecular weight excluding hydrogens is 282 g/mol. The summed E-state index contributed by atoms with van der Waals surface area (Å²) in [6.45, 7) is 2.89. The fourth-order valence-corrected chi connectivity index (χ4v) is 4.32. The van der Waals surface area contributed by atoms with Gasteiger partial charge < -0.3 is 0 Å². The van der Waals surface area contributed by atoms with Crippen molar-refractivity contribution in [3.63, 3.8) is 0 Å². The Morgan fingerprint density at radius 2 is 2.43 bits per heavy atom. The summed E-state index contributed by atoms with van der Waals surface area (Å²) in [7, 11) is 0. The van der Waals surface area contributed by atoms with Gasteiger partial charge in [0.1, 0.15) is 5.54 Å². The molecule has 0 spiro atoms. The Kier molecular flexibility index (Phi) is 4.13. The van der Waals surface area contributed by atoms with E-state index in [1.165, 1.54) is 0 Å². The lowest BCUT2D eigenvalue weighted by Crippen LogP contribution is -2.48. The Morgan fingerprint density at radius 1 is 1.52 bits per heavy atom. The van der Waals surface area contributed by atoms with E-state index in [1.54, 1.807) is 11.8 Å². The first kappa shape index (κ1) is 14.4. The molecule has 2 aromatic heterocycles. The van der Waals surface area contributed by atoms with Crippen molar-refractivity contribution < 1.29 is 0 Å². The zero-order valence-corrected chi connectivity index (χ0v) is 12.9. The summed E-state index contributed by atoms with van der Waals surface area (Å²) in [5, 5.41) is 22.7. The molecule has 0 amide bonds. The highest BCUT2D eigenvalue weighted by molar-refractivity contribution is 7.99. The van der Waals surface area contributed by atoms with Crippen LogP contribution in [0.3, 0.4) is 0 Å². The standard InChI is InChI=1S/C15H19N5S/c1-2-17-15(11-16)8-5-6-12(10-15)21-14-19-18-13-7-3-4-9-20(13)14/h3-4,7,9,12,17H,2,5-6,8,10H2,1H3. The van der Waals surface area contributed by atoms with Gasteiger partial charge in [0.2, 0.25) is 0 Å². The SMILES string of the molecule is CCNC1(C#N)CCCC(Sc2nnc3ccccn23)C1. The van der Waals surface area contributed by atoms with Crippen molar-refractivity contribution in [3.05, 3.63) is 24.4 Å². The van der Waals surface area contributed by atoms with Gasteiger partial charge in [-0.15, -0.1) is 10.2 Å². The molecule has 1 N–H and O–H groups in total. The molecule has 1 aliphatic carbocycles. The maximum Gasteiger partial charge on any atom is 0.195 e. The second-order valence-electron chi connectivity index (χ2n) is 5.47. The minimum absolute atomic E-state index is 0.370. The lowest BCUT2D eigenvalue weighted by Gasteiger charge is -2.35. The van der Waals surface area contributed by atoms with E-state index >= 15 is 0 Å². The van der Waals surface area contributed by atoms with Gasteiger partial charge in [-0.3, -0.25) is 9.72 Å². The molecule has 3 rings (SSSR count). The normalized spacial score (nSPS) is 25.8. The predicted molar refractivity (Wildman–Crippen MR) is 83.1 cm³/mol. The van der Waals surface area contributed by atoms with Crippen LogP contribution in [0, 0.1) is 11.3 Å². The van der Waals surface area contributed by atoms with Crippen molar-refractivity contribution in [1.29, 1.82) is 5.26 Å². The van der Waals surface area contributed by atoms with Crippen LogP contribution in [0.1, 0.15) is 32.6 Å². The number of nitrogens with one attached hydrogen (secondary N) is 1. The largest absolute Gasteiger partial charge is 0.300 e. The minimum Gasteiger partial charge on any atom is -0.300 e. The second kappa shape index (κ2) is 6.04. The van der Waals surface area contributed by atoms with E-state index in [2.05, 4.69) is 28.5 Å². The molecule has 0 bridgehead atoms. The molecule has 21 heavy (non-hydrogen) atoms. The molecule has 0 aromatic carbocycles. The maximum atomic E-state index is 9.53. The average molecular weight is 301 g/mol. The monoisotopic (exact) mass is 301 g/mol. The number of thioether (sulfide) groups is 1. The third-order valence-electron chi connectivity index (χ3n) is 3.99. The van der Waals surface area contributed by atoms with Crippen LogP contribution in [-0.2, 0) is 0 Å². The topological polar surface area (TPSA) is 66.0 Å². The van der Waals surface area contributed by atoms with Gasteiger partial charge in [0.15, 0.2) is 10.8 Å². The van der Waals surface area contributed by atoms with Crippen LogP contribution in [0.2, 0.25) is 0 Å². The molecule has 1 aliphatic rings. The number of nitrogens with zero attached hydrogens (tertiary/aromatic N) is 4. The maximum absolute atomic E-state index is 9.53. The quantitative estimate of drug-likeness (QED) is 0.940. The summed E-state index contributed by atoms with van der Waals surface area (Å²) >= 11 is 1.74. The lowest BCUT2D eigenvalue weighted by molar-refractivity contribution is 0.309. The van der Waals surface area contributed by atoms with Gasteiger partial charge in [-0.2, -0.15) is 5.26 Å². The first-order chi connectivity index (χ1) is 10.3. The highest BCUT2D eigenvalue weighted by atomic mass is 32.2. The van der Waals surface area contributed by atoms with Crippen LogP contribution in [0.4, 0.5) is 0 Å². The van der Waals surface area contributed by atoms with Gasteiger partial charge in [-0.25, -0.2) is 0 Å². The Bertz CT molecular complexity index is 657. The molecule has 1 fully saturated rings. The Balaban J connectivity index is 1.77. The average Bonchev–Trinajstić information content (AvgIpc) is 2.91. The van der Waals surface area contributed by atoms with E-state index in [9.17, 15) is 5.26 Å². The molecule has 6 heteroatoms. The first-order valence-electron chi connectivity index (χ1n) is 7.39. The van der Waals surface area contributed by atoms with Crippen LogP contribution >= 0.6 is 11.8 Å². The van der Waals surface area contributed by atoms with Crippen LogP contribution in [-0.4, -0.2) is 31.9 Å². The Labute approximate surface area is 128 Å². The minimum atomic E-state index is -0.370. The van der Waals surface area contributed by atoms with Crippen molar-refractivity contribution >= 4 is 17.4 Å².